The molecular formula is C21H22BrN3O3. The van der Waals surface area contributed by atoms with Crippen molar-refractivity contribution in [3.05, 3.63) is 64.1 Å². The summed E-state index contributed by atoms with van der Waals surface area (Å²) in [5.74, 6) is -1.27. The summed E-state index contributed by atoms with van der Waals surface area (Å²) < 4.78 is 0.972. The summed E-state index contributed by atoms with van der Waals surface area (Å²) in [6.45, 7) is 0. The van der Waals surface area contributed by atoms with Gasteiger partial charge in [-0.25, -0.2) is 5.01 Å². The number of carbonyl (C=O) groups excluding carboxylic acids is 1. The summed E-state index contributed by atoms with van der Waals surface area (Å²) in [4.78, 5) is 25.6. The van der Waals surface area contributed by atoms with Crippen molar-refractivity contribution in [2.24, 2.45) is 5.10 Å². The number of amides is 1. The van der Waals surface area contributed by atoms with E-state index in [9.17, 15) is 9.59 Å². The third-order valence-electron chi connectivity index (χ3n) is 4.69. The van der Waals surface area contributed by atoms with Gasteiger partial charge in [0.05, 0.1) is 18.2 Å². The van der Waals surface area contributed by atoms with Crippen molar-refractivity contribution in [1.82, 2.24) is 5.01 Å². The van der Waals surface area contributed by atoms with Gasteiger partial charge in [-0.05, 0) is 35.4 Å². The molecule has 6 nitrogen and oxygen atoms in total. The largest absolute Gasteiger partial charge is 0.481 e. The van der Waals surface area contributed by atoms with Crippen molar-refractivity contribution >= 4 is 39.2 Å². The first kappa shape index (κ1) is 20.1. The standard InChI is InChI=1S/C21H22BrN3O3/c1-24(2)17-9-5-15(6-10-17)19-13-18(14-3-7-16(22)8-4-14)23-25(19)20(26)11-12-21(27)28/h3-10,19H,11-13H2,1-2H3,(H,27,28)/t19-/m1/s1. The second-order valence-corrected chi connectivity index (χ2v) is 7.81. The number of halogens is 1. The molecule has 0 spiro atoms. The summed E-state index contributed by atoms with van der Waals surface area (Å²) in [5.41, 5.74) is 3.81. The van der Waals surface area contributed by atoms with Gasteiger partial charge >= 0.3 is 5.97 Å². The lowest BCUT2D eigenvalue weighted by molar-refractivity contribution is -0.141. The normalized spacial score (nSPS) is 16.0. The van der Waals surface area contributed by atoms with Crippen molar-refractivity contribution in [1.29, 1.82) is 0 Å². The van der Waals surface area contributed by atoms with Crippen LogP contribution in [0.2, 0.25) is 0 Å². The highest BCUT2D eigenvalue weighted by atomic mass is 79.9. The van der Waals surface area contributed by atoms with Gasteiger partial charge in [-0.1, -0.05) is 40.2 Å². The van der Waals surface area contributed by atoms with E-state index in [0.717, 1.165) is 27.0 Å². The van der Waals surface area contributed by atoms with Gasteiger partial charge in [-0.2, -0.15) is 5.10 Å². The Labute approximate surface area is 172 Å². The predicted molar refractivity (Wildman–Crippen MR) is 113 cm³/mol. The maximum Gasteiger partial charge on any atom is 0.303 e. The summed E-state index contributed by atoms with van der Waals surface area (Å²) >= 11 is 3.43. The molecule has 0 radical (unpaired) electrons. The van der Waals surface area contributed by atoms with Crippen LogP contribution < -0.4 is 4.90 Å². The maximum atomic E-state index is 12.7. The fraction of sp³-hybridized carbons (Fsp3) is 0.286. The van der Waals surface area contributed by atoms with Crippen molar-refractivity contribution in [3.63, 3.8) is 0 Å². The van der Waals surface area contributed by atoms with Crippen molar-refractivity contribution in [3.8, 4) is 0 Å². The molecule has 28 heavy (non-hydrogen) atoms. The van der Waals surface area contributed by atoms with Crippen molar-refractivity contribution < 1.29 is 14.7 Å². The van der Waals surface area contributed by atoms with E-state index in [-0.39, 0.29) is 24.8 Å². The predicted octanol–water partition coefficient (Wildman–Crippen LogP) is 4.06. The van der Waals surface area contributed by atoms with Crippen LogP contribution in [0.4, 0.5) is 5.69 Å². The fourth-order valence-electron chi connectivity index (χ4n) is 3.14. The lowest BCUT2D eigenvalue weighted by Crippen LogP contribution is -2.27. The molecule has 1 amide bonds. The SMILES string of the molecule is CN(C)c1ccc([C@H]2CC(c3ccc(Br)cc3)=NN2C(=O)CCC(=O)O)cc1. The monoisotopic (exact) mass is 443 g/mol. The second kappa shape index (κ2) is 8.56. The minimum absolute atomic E-state index is 0.0707. The quantitative estimate of drug-likeness (QED) is 0.730. The number of hydrogen-bond acceptors (Lipinski definition) is 4. The number of carboxylic acid groups (broad SMARTS) is 1. The molecule has 3 rings (SSSR count). The van der Waals surface area contributed by atoms with Crippen molar-refractivity contribution in [2.45, 2.75) is 25.3 Å². The van der Waals surface area contributed by atoms with Crippen LogP contribution in [0, 0.1) is 0 Å². The minimum Gasteiger partial charge on any atom is -0.481 e. The number of hydrogen-bond donors (Lipinski definition) is 1. The maximum absolute atomic E-state index is 12.7. The molecule has 2 aromatic carbocycles. The first-order valence-corrected chi connectivity index (χ1v) is 9.79. The highest BCUT2D eigenvalue weighted by Gasteiger charge is 2.33. The van der Waals surface area contributed by atoms with E-state index in [1.54, 1.807) is 0 Å². The lowest BCUT2D eigenvalue weighted by Gasteiger charge is -2.22. The van der Waals surface area contributed by atoms with Crippen molar-refractivity contribution in [2.75, 3.05) is 19.0 Å². The van der Waals surface area contributed by atoms with E-state index >= 15 is 0 Å². The number of nitrogens with zero attached hydrogens (tertiary/aromatic N) is 3. The van der Waals surface area contributed by atoms with Gasteiger partial charge < -0.3 is 10.0 Å². The van der Waals surface area contributed by atoms with Crippen LogP contribution in [0.15, 0.2) is 58.1 Å². The highest BCUT2D eigenvalue weighted by Crippen LogP contribution is 2.34. The number of carbonyl (C=O) groups is 2. The molecule has 7 heteroatoms. The van der Waals surface area contributed by atoms with Crippen LogP contribution in [0.3, 0.4) is 0 Å². The first-order chi connectivity index (χ1) is 13.3. The Hall–Kier alpha value is -2.67. The van der Waals surface area contributed by atoms with E-state index in [0.29, 0.717) is 6.42 Å². The van der Waals surface area contributed by atoms with Crippen LogP contribution in [0.5, 0.6) is 0 Å². The molecule has 1 aliphatic rings. The molecule has 1 aliphatic heterocycles. The zero-order valence-electron chi connectivity index (χ0n) is 15.8. The molecule has 0 unspecified atom stereocenters. The van der Waals surface area contributed by atoms with E-state index < -0.39 is 5.97 Å². The molecule has 146 valence electrons. The van der Waals surface area contributed by atoms with E-state index in [1.807, 2.05) is 67.5 Å². The Kier molecular flexibility index (Phi) is 6.14. The third-order valence-corrected chi connectivity index (χ3v) is 5.22. The summed E-state index contributed by atoms with van der Waals surface area (Å²) in [6.07, 6.45) is 0.311. The Balaban J connectivity index is 1.89. The first-order valence-electron chi connectivity index (χ1n) is 8.99. The zero-order chi connectivity index (χ0) is 20.3. The Morgan fingerprint density at radius 3 is 2.32 bits per heavy atom. The van der Waals surface area contributed by atoms with E-state index in [1.165, 1.54) is 5.01 Å². The lowest BCUT2D eigenvalue weighted by atomic mass is 9.98. The summed E-state index contributed by atoms with van der Waals surface area (Å²) in [7, 11) is 3.95. The number of benzene rings is 2. The van der Waals surface area contributed by atoms with Gasteiger partial charge in [-0.15, -0.1) is 0 Å². The van der Waals surface area contributed by atoms with Crippen LogP contribution in [-0.4, -0.2) is 41.8 Å². The minimum atomic E-state index is -0.989. The molecule has 0 saturated carbocycles. The molecule has 1 N–H and O–H groups in total. The number of rotatable bonds is 6. The smallest absolute Gasteiger partial charge is 0.303 e. The molecule has 0 bridgehead atoms. The Morgan fingerprint density at radius 2 is 1.75 bits per heavy atom. The number of aliphatic carboxylic acids is 1. The van der Waals surface area contributed by atoms with Crippen LogP contribution in [-0.2, 0) is 9.59 Å². The third kappa shape index (κ3) is 4.59. The van der Waals surface area contributed by atoms with Gasteiger partial charge in [0.25, 0.3) is 0 Å². The van der Waals surface area contributed by atoms with Crippen LogP contribution in [0.25, 0.3) is 0 Å². The number of hydrazone groups is 1. The average molecular weight is 444 g/mol. The second-order valence-electron chi connectivity index (χ2n) is 6.89. The molecule has 0 fully saturated rings. The Morgan fingerprint density at radius 1 is 1.11 bits per heavy atom. The number of anilines is 1. The summed E-state index contributed by atoms with van der Waals surface area (Å²) in [5, 5.41) is 14.9. The molecule has 0 saturated heterocycles. The van der Waals surface area contributed by atoms with Gasteiger partial charge in [-0.3, -0.25) is 9.59 Å². The topological polar surface area (TPSA) is 73.2 Å². The average Bonchev–Trinajstić information content (AvgIpc) is 3.12. The summed E-state index contributed by atoms with van der Waals surface area (Å²) in [6, 6.07) is 15.6. The fourth-order valence-corrected chi connectivity index (χ4v) is 3.40. The van der Waals surface area contributed by atoms with E-state index in [4.69, 9.17) is 5.11 Å². The zero-order valence-corrected chi connectivity index (χ0v) is 17.4. The molecule has 1 heterocycles. The molecule has 2 aromatic rings. The highest BCUT2D eigenvalue weighted by molar-refractivity contribution is 9.10. The molecular weight excluding hydrogens is 422 g/mol. The Bertz CT molecular complexity index is 892. The molecule has 0 aliphatic carbocycles. The van der Waals surface area contributed by atoms with Gasteiger partial charge in [0, 0.05) is 37.1 Å². The molecule has 0 aromatic heterocycles. The van der Waals surface area contributed by atoms with Gasteiger partial charge in [0.15, 0.2) is 0 Å². The van der Waals surface area contributed by atoms with E-state index in [2.05, 4.69) is 21.0 Å². The van der Waals surface area contributed by atoms with Gasteiger partial charge in [0.1, 0.15) is 0 Å². The number of carboxylic acids is 1. The molecule has 1 atom stereocenters. The van der Waals surface area contributed by atoms with Crippen LogP contribution >= 0.6 is 15.9 Å². The van der Waals surface area contributed by atoms with Gasteiger partial charge in [0.2, 0.25) is 5.91 Å². The van der Waals surface area contributed by atoms with Crippen LogP contribution in [0.1, 0.15) is 36.4 Å².